The van der Waals surface area contributed by atoms with Crippen LogP contribution >= 0.6 is 11.6 Å². The number of nitrogens with zero attached hydrogens (tertiary/aromatic N) is 2. The summed E-state index contributed by atoms with van der Waals surface area (Å²) in [4.78, 5) is 20.7. The summed E-state index contributed by atoms with van der Waals surface area (Å²) in [5.41, 5.74) is 0.358. The number of amides is 1. The van der Waals surface area contributed by atoms with Crippen LogP contribution in [-0.4, -0.2) is 42.0 Å². The molecule has 0 aliphatic heterocycles. The highest BCUT2D eigenvalue weighted by Crippen LogP contribution is 2.26. The SMILES string of the molecule is CCC(CCl)NC(=O)c1ccccc1Oc1nc(OC)cc(OC)n1. The summed E-state index contributed by atoms with van der Waals surface area (Å²) in [7, 11) is 2.95. The fourth-order valence-corrected chi connectivity index (χ4v) is 2.29. The molecule has 2 aromatic rings. The third kappa shape index (κ3) is 4.96. The molecule has 1 amide bonds. The smallest absolute Gasteiger partial charge is 0.328 e. The van der Waals surface area contributed by atoms with Gasteiger partial charge in [0.25, 0.3) is 5.91 Å². The topological polar surface area (TPSA) is 82.6 Å². The van der Waals surface area contributed by atoms with Crippen molar-refractivity contribution in [3.05, 3.63) is 35.9 Å². The number of aromatic nitrogens is 2. The molecular formula is C17H20ClN3O4. The van der Waals surface area contributed by atoms with E-state index in [-0.39, 0.29) is 29.7 Å². The summed E-state index contributed by atoms with van der Waals surface area (Å²) in [6, 6.07) is 8.24. The van der Waals surface area contributed by atoms with Gasteiger partial charge in [0, 0.05) is 11.9 Å². The quantitative estimate of drug-likeness (QED) is 0.724. The summed E-state index contributed by atoms with van der Waals surface area (Å²) in [6.45, 7) is 1.95. The van der Waals surface area contributed by atoms with Gasteiger partial charge in [-0.25, -0.2) is 0 Å². The summed E-state index contributed by atoms with van der Waals surface area (Å²) < 4.78 is 15.9. The van der Waals surface area contributed by atoms with Gasteiger partial charge in [-0.2, -0.15) is 9.97 Å². The number of hydrogen-bond donors (Lipinski definition) is 1. The lowest BCUT2D eigenvalue weighted by Gasteiger charge is -2.15. The molecular weight excluding hydrogens is 346 g/mol. The van der Waals surface area contributed by atoms with Crippen molar-refractivity contribution in [2.24, 2.45) is 0 Å². The molecule has 1 aromatic heterocycles. The molecule has 8 heteroatoms. The summed E-state index contributed by atoms with van der Waals surface area (Å²) in [5.74, 6) is 0.952. The van der Waals surface area contributed by atoms with Gasteiger partial charge < -0.3 is 19.5 Å². The normalized spacial score (nSPS) is 11.5. The number of benzene rings is 1. The summed E-state index contributed by atoms with van der Waals surface area (Å²) >= 11 is 5.84. The van der Waals surface area contributed by atoms with E-state index in [4.69, 9.17) is 25.8 Å². The van der Waals surface area contributed by atoms with Crippen LogP contribution in [0.3, 0.4) is 0 Å². The second-order valence-electron chi connectivity index (χ2n) is 5.07. The van der Waals surface area contributed by atoms with Gasteiger partial charge in [-0.05, 0) is 18.6 Å². The molecule has 0 fully saturated rings. The predicted octanol–water partition coefficient (Wildman–Crippen LogP) is 3.03. The highest BCUT2D eigenvalue weighted by atomic mass is 35.5. The van der Waals surface area contributed by atoms with Crippen LogP contribution in [0.4, 0.5) is 0 Å². The van der Waals surface area contributed by atoms with E-state index in [1.54, 1.807) is 24.3 Å². The van der Waals surface area contributed by atoms with Gasteiger partial charge in [-0.3, -0.25) is 4.79 Å². The molecule has 0 bridgehead atoms. The number of carbonyl (C=O) groups excluding carboxylic acids is 1. The third-order valence-corrected chi connectivity index (χ3v) is 3.80. The number of carbonyl (C=O) groups is 1. The first-order valence-electron chi connectivity index (χ1n) is 7.72. The maximum Gasteiger partial charge on any atom is 0.328 e. The van der Waals surface area contributed by atoms with Crippen LogP contribution < -0.4 is 19.5 Å². The number of ether oxygens (including phenoxy) is 3. The van der Waals surface area contributed by atoms with E-state index in [9.17, 15) is 4.79 Å². The second-order valence-corrected chi connectivity index (χ2v) is 5.38. The highest BCUT2D eigenvalue weighted by molar-refractivity contribution is 6.18. The Bertz CT molecular complexity index is 701. The van der Waals surface area contributed by atoms with E-state index in [1.165, 1.54) is 20.3 Å². The Morgan fingerprint density at radius 1 is 1.20 bits per heavy atom. The molecule has 1 atom stereocenters. The number of hydrogen-bond acceptors (Lipinski definition) is 6. The lowest BCUT2D eigenvalue weighted by Crippen LogP contribution is -2.35. The van der Waals surface area contributed by atoms with Crippen LogP contribution in [-0.2, 0) is 0 Å². The minimum atomic E-state index is -0.280. The zero-order valence-electron chi connectivity index (χ0n) is 14.3. The zero-order valence-corrected chi connectivity index (χ0v) is 15.0. The molecule has 0 saturated carbocycles. The van der Waals surface area contributed by atoms with Crippen LogP contribution in [0, 0.1) is 0 Å². The van der Waals surface area contributed by atoms with Crippen molar-refractivity contribution in [3.8, 4) is 23.5 Å². The molecule has 0 spiro atoms. The molecule has 25 heavy (non-hydrogen) atoms. The number of halogens is 1. The fourth-order valence-electron chi connectivity index (χ4n) is 1.99. The first kappa shape index (κ1) is 18.8. The monoisotopic (exact) mass is 365 g/mol. The Morgan fingerprint density at radius 3 is 2.40 bits per heavy atom. The Balaban J connectivity index is 2.28. The second kappa shape index (κ2) is 9.08. The van der Waals surface area contributed by atoms with Gasteiger partial charge in [-0.15, -0.1) is 11.6 Å². The van der Waals surface area contributed by atoms with Gasteiger partial charge in [-0.1, -0.05) is 19.1 Å². The van der Waals surface area contributed by atoms with Crippen LogP contribution in [0.15, 0.2) is 30.3 Å². The predicted molar refractivity (Wildman–Crippen MR) is 93.9 cm³/mol. The highest BCUT2D eigenvalue weighted by Gasteiger charge is 2.17. The summed E-state index contributed by atoms with van der Waals surface area (Å²) in [5, 5.41) is 2.86. The van der Waals surface area contributed by atoms with Crippen molar-refractivity contribution < 1.29 is 19.0 Å². The van der Waals surface area contributed by atoms with E-state index in [2.05, 4.69) is 15.3 Å². The molecule has 2 rings (SSSR count). The minimum Gasteiger partial charge on any atom is -0.481 e. The van der Waals surface area contributed by atoms with Gasteiger partial charge in [0.05, 0.1) is 25.8 Å². The molecule has 1 aromatic carbocycles. The number of nitrogens with one attached hydrogen (secondary N) is 1. The Labute approximate surface area is 151 Å². The molecule has 0 saturated heterocycles. The van der Waals surface area contributed by atoms with E-state index in [0.717, 1.165) is 6.42 Å². The van der Waals surface area contributed by atoms with Crippen molar-refractivity contribution in [1.29, 1.82) is 0 Å². The van der Waals surface area contributed by atoms with Crippen LogP contribution in [0.5, 0.6) is 23.5 Å². The Morgan fingerprint density at radius 2 is 1.84 bits per heavy atom. The van der Waals surface area contributed by atoms with Crippen LogP contribution in [0.2, 0.25) is 0 Å². The van der Waals surface area contributed by atoms with Crippen LogP contribution in [0.1, 0.15) is 23.7 Å². The number of para-hydroxylation sites is 1. The zero-order chi connectivity index (χ0) is 18.2. The average Bonchev–Trinajstić information content (AvgIpc) is 2.65. The number of methoxy groups -OCH3 is 2. The molecule has 1 N–H and O–H groups in total. The average molecular weight is 366 g/mol. The number of rotatable bonds is 8. The van der Waals surface area contributed by atoms with Crippen molar-refractivity contribution >= 4 is 17.5 Å². The van der Waals surface area contributed by atoms with E-state index >= 15 is 0 Å². The first-order chi connectivity index (χ1) is 12.1. The standard InChI is InChI=1S/C17H20ClN3O4/c1-4-11(10-18)19-16(22)12-7-5-6-8-13(12)25-17-20-14(23-2)9-15(21-17)24-3/h5-9,11H,4,10H2,1-3H3,(H,19,22). The minimum absolute atomic E-state index is 0.0147. The lowest BCUT2D eigenvalue weighted by molar-refractivity contribution is 0.0937. The maximum absolute atomic E-state index is 12.5. The van der Waals surface area contributed by atoms with Gasteiger partial charge in [0.1, 0.15) is 5.75 Å². The van der Waals surface area contributed by atoms with Crippen molar-refractivity contribution in [2.45, 2.75) is 19.4 Å². The van der Waals surface area contributed by atoms with E-state index in [0.29, 0.717) is 17.2 Å². The van der Waals surface area contributed by atoms with E-state index in [1.807, 2.05) is 6.92 Å². The Kier molecular flexibility index (Phi) is 6.82. The van der Waals surface area contributed by atoms with Crippen LogP contribution in [0.25, 0.3) is 0 Å². The van der Waals surface area contributed by atoms with E-state index < -0.39 is 0 Å². The van der Waals surface area contributed by atoms with Gasteiger partial charge in [0.15, 0.2) is 0 Å². The van der Waals surface area contributed by atoms with Gasteiger partial charge >= 0.3 is 6.01 Å². The molecule has 134 valence electrons. The largest absolute Gasteiger partial charge is 0.481 e. The third-order valence-electron chi connectivity index (χ3n) is 3.42. The van der Waals surface area contributed by atoms with Crippen molar-refractivity contribution in [3.63, 3.8) is 0 Å². The number of alkyl halides is 1. The van der Waals surface area contributed by atoms with Crippen molar-refractivity contribution in [1.82, 2.24) is 15.3 Å². The first-order valence-corrected chi connectivity index (χ1v) is 8.25. The fraction of sp³-hybridized carbons (Fsp3) is 0.353. The summed E-state index contributed by atoms with van der Waals surface area (Å²) in [6.07, 6.45) is 0.731. The molecule has 0 radical (unpaired) electrons. The maximum atomic E-state index is 12.5. The Hall–Kier alpha value is -2.54. The molecule has 7 nitrogen and oxygen atoms in total. The van der Waals surface area contributed by atoms with Gasteiger partial charge in [0.2, 0.25) is 11.8 Å². The molecule has 1 unspecified atom stereocenters. The molecule has 0 aliphatic rings. The van der Waals surface area contributed by atoms with Crippen molar-refractivity contribution in [2.75, 3.05) is 20.1 Å². The lowest BCUT2D eigenvalue weighted by atomic mass is 10.1. The molecule has 1 heterocycles. The molecule has 0 aliphatic carbocycles.